The number of rotatable bonds is 5. The van der Waals surface area contributed by atoms with Crippen molar-refractivity contribution in [1.82, 2.24) is 14.7 Å². The van der Waals surface area contributed by atoms with Crippen LogP contribution in [-0.2, 0) is 19.4 Å². The molecule has 0 spiro atoms. The van der Waals surface area contributed by atoms with E-state index in [0.717, 1.165) is 42.6 Å². The van der Waals surface area contributed by atoms with Crippen LogP contribution in [0.3, 0.4) is 0 Å². The number of carbonyl (C=O) groups is 1. The number of fused-ring (bicyclic) bond motifs is 2. The third kappa shape index (κ3) is 5.34. The van der Waals surface area contributed by atoms with Gasteiger partial charge < -0.3 is 10.0 Å². The van der Waals surface area contributed by atoms with Crippen molar-refractivity contribution in [3.05, 3.63) is 70.3 Å². The average Bonchev–Trinajstić information content (AvgIpc) is 2.75. The zero-order valence-corrected chi connectivity index (χ0v) is 18.5. The van der Waals surface area contributed by atoms with Crippen LogP contribution in [0.1, 0.15) is 32.6 Å². The summed E-state index contributed by atoms with van der Waals surface area (Å²) < 4.78 is 0. The second-order valence-electron chi connectivity index (χ2n) is 8.82. The Hall–Kier alpha value is -2.65. The van der Waals surface area contributed by atoms with Crippen LogP contribution in [0.5, 0.6) is 0 Å². The zero-order chi connectivity index (χ0) is 21.8. The molecule has 1 N–H and O–H groups in total. The van der Waals surface area contributed by atoms with E-state index in [0.29, 0.717) is 26.2 Å². The van der Waals surface area contributed by atoms with E-state index in [1.807, 2.05) is 37.2 Å². The maximum absolute atomic E-state index is 13.0. The van der Waals surface area contributed by atoms with Crippen molar-refractivity contribution in [3.63, 3.8) is 0 Å². The van der Waals surface area contributed by atoms with E-state index in [1.165, 1.54) is 11.1 Å². The summed E-state index contributed by atoms with van der Waals surface area (Å²) in [5.41, 5.74) is 5.49. The summed E-state index contributed by atoms with van der Waals surface area (Å²) in [6.45, 7) is 4.13. The summed E-state index contributed by atoms with van der Waals surface area (Å²) in [5, 5.41) is 10.7. The van der Waals surface area contributed by atoms with Gasteiger partial charge in [0.25, 0.3) is 5.91 Å². The lowest BCUT2D eigenvalue weighted by Gasteiger charge is -2.34. The monoisotopic (exact) mass is 417 g/mol. The zero-order valence-electron chi connectivity index (χ0n) is 18.5. The molecule has 1 unspecified atom stereocenters. The molecule has 5 heteroatoms. The lowest BCUT2D eigenvalue weighted by atomic mass is 9.96. The maximum atomic E-state index is 13.0. The summed E-state index contributed by atoms with van der Waals surface area (Å²) in [7, 11) is 3.99. The minimum absolute atomic E-state index is 0.0112. The Kier molecular flexibility index (Phi) is 6.72. The molecule has 0 bridgehead atoms. The summed E-state index contributed by atoms with van der Waals surface area (Å²) in [6, 6.07) is 14.4. The van der Waals surface area contributed by atoms with Gasteiger partial charge in [0.1, 0.15) is 0 Å². The molecule has 2 aliphatic heterocycles. The van der Waals surface area contributed by atoms with Crippen LogP contribution in [0.2, 0.25) is 0 Å². The first-order valence-corrected chi connectivity index (χ1v) is 11.0. The molecule has 0 saturated heterocycles. The van der Waals surface area contributed by atoms with Crippen LogP contribution >= 0.6 is 0 Å². The summed E-state index contributed by atoms with van der Waals surface area (Å²) in [6.07, 6.45) is 1.26. The number of nitrogens with zero attached hydrogens (tertiary/aromatic N) is 3. The number of β-amino-alcohol motifs (C(OH)–C–C–N with tert-alkyl or cyclic N) is 1. The second-order valence-corrected chi connectivity index (χ2v) is 8.82. The lowest BCUT2D eigenvalue weighted by Crippen LogP contribution is -2.46. The van der Waals surface area contributed by atoms with Gasteiger partial charge in [-0.25, -0.2) is 0 Å². The standard InChI is InChI=1S/C26H31N3O2/c1-27(2)13-5-6-20-9-10-25-22(16-20)12-15-29(26(25)31)19-24(30)18-28-14-11-21-7-3-4-8-23(21)17-28/h3-4,7-10,16,24,30H,11-15,17-19H2,1-2H3. The lowest BCUT2D eigenvalue weighted by molar-refractivity contribution is 0.0493. The third-order valence-corrected chi connectivity index (χ3v) is 6.01. The SMILES string of the molecule is CN(C)CC#Cc1ccc2c(c1)CCN(CC(O)CN1CCc3ccccc3C1)C2=O. The summed E-state index contributed by atoms with van der Waals surface area (Å²) in [4.78, 5) is 19.1. The molecule has 1 atom stereocenters. The van der Waals surface area contributed by atoms with Gasteiger partial charge in [-0.3, -0.25) is 14.6 Å². The Morgan fingerprint density at radius 1 is 1.03 bits per heavy atom. The predicted octanol–water partition coefficient (Wildman–Crippen LogP) is 2.02. The fraction of sp³-hybridized carbons (Fsp3) is 0.423. The third-order valence-electron chi connectivity index (χ3n) is 6.01. The number of aliphatic hydroxyl groups is 1. The number of aliphatic hydroxyl groups excluding tert-OH is 1. The Balaban J connectivity index is 1.34. The summed E-state index contributed by atoms with van der Waals surface area (Å²) in [5.74, 6) is 6.33. The number of benzene rings is 2. The highest BCUT2D eigenvalue weighted by atomic mass is 16.3. The van der Waals surface area contributed by atoms with Gasteiger partial charge in [0, 0.05) is 43.9 Å². The number of carbonyl (C=O) groups excluding carboxylic acids is 1. The Bertz CT molecular complexity index is 1010. The summed E-state index contributed by atoms with van der Waals surface area (Å²) >= 11 is 0. The van der Waals surface area contributed by atoms with Crippen LogP contribution in [0.4, 0.5) is 0 Å². The van der Waals surface area contributed by atoms with E-state index in [9.17, 15) is 9.90 Å². The molecule has 4 rings (SSSR count). The van der Waals surface area contributed by atoms with Crippen molar-refractivity contribution in [2.24, 2.45) is 0 Å². The van der Waals surface area contributed by atoms with Gasteiger partial charge >= 0.3 is 0 Å². The van der Waals surface area contributed by atoms with Crippen molar-refractivity contribution in [2.45, 2.75) is 25.5 Å². The molecular weight excluding hydrogens is 386 g/mol. The number of amides is 1. The molecule has 2 aromatic rings. The first-order valence-electron chi connectivity index (χ1n) is 11.0. The molecule has 0 fully saturated rings. The van der Waals surface area contributed by atoms with Crippen molar-refractivity contribution in [3.8, 4) is 11.8 Å². The van der Waals surface area contributed by atoms with Gasteiger partial charge in [0.15, 0.2) is 0 Å². The van der Waals surface area contributed by atoms with E-state index in [2.05, 4.69) is 41.0 Å². The van der Waals surface area contributed by atoms with Crippen LogP contribution in [0.25, 0.3) is 0 Å². The van der Waals surface area contributed by atoms with Crippen LogP contribution in [-0.4, -0.2) is 78.6 Å². The molecule has 5 nitrogen and oxygen atoms in total. The number of hydrogen-bond acceptors (Lipinski definition) is 4. The van der Waals surface area contributed by atoms with Crippen molar-refractivity contribution >= 4 is 5.91 Å². The smallest absolute Gasteiger partial charge is 0.254 e. The van der Waals surface area contributed by atoms with E-state index in [-0.39, 0.29) is 5.91 Å². The van der Waals surface area contributed by atoms with Gasteiger partial charge in [-0.05, 0) is 61.8 Å². The molecule has 0 aliphatic carbocycles. The Morgan fingerprint density at radius 3 is 2.61 bits per heavy atom. The van der Waals surface area contributed by atoms with Crippen molar-refractivity contribution in [1.29, 1.82) is 0 Å². The van der Waals surface area contributed by atoms with Gasteiger partial charge in [0.05, 0.1) is 12.6 Å². The molecule has 0 saturated carbocycles. The van der Waals surface area contributed by atoms with Crippen molar-refractivity contribution in [2.75, 3.05) is 46.8 Å². The molecule has 0 aromatic heterocycles. The van der Waals surface area contributed by atoms with E-state index in [4.69, 9.17) is 0 Å². The highest BCUT2D eigenvalue weighted by Crippen LogP contribution is 2.22. The number of hydrogen-bond donors (Lipinski definition) is 1. The highest BCUT2D eigenvalue weighted by molar-refractivity contribution is 5.97. The van der Waals surface area contributed by atoms with Gasteiger partial charge in [-0.15, -0.1) is 0 Å². The van der Waals surface area contributed by atoms with Crippen molar-refractivity contribution < 1.29 is 9.90 Å². The normalized spacial score (nSPS) is 17.0. The van der Waals surface area contributed by atoms with Crippen LogP contribution in [0.15, 0.2) is 42.5 Å². The first-order chi connectivity index (χ1) is 15.0. The minimum Gasteiger partial charge on any atom is -0.390 e. The Morgan fingerprint density at radius 2 is 1.81 bits per heavy atom. The molecule has 2 aliphatic rings. The fourth-order valence-corrected chi connectivity index (χ4v) is 4.41. The van der Waals surface area contributed by atoms with Gasteiger partial charge in [0.2, 0.25) is 0 Å². The predicted molar refractivity (Wildman–Crippen MR) is 123 cm³/mol. The topological polar surface area (TPSA) is 47.0 Å². The highest BCUT2D eigenvalue weighted by Gasteiger charge is 2.27. The van der Waals surface area contributed by atoms with Gasteiger partial charge in [-0.2, -0.15) is 0 Å². The first kappa shape index (κ1) is 21.6. The van der Waals surface area contributed by atoms with Crippen LogP contribution in [0, 0.1) is 11.8 Å². The molecular formula is C26H31N3O2. The van der Waals surface area contributed by atoms with E-state index >= 15 is 0 Å². The molecule has 0 radical (unpaired) electrons. The second kappa shape index (κ2) is 9.65. The minimum atomic E-state index is -0.549. The van der Waals surface area contributed by atoms with Crippen LogP contribution < -0.4 is 0 Å². The Labute approximate surface area is 185 Å². The maximum Gasteiger partial charge on any atom is 0.254 e. The molecule has 2 heterocycles. The quantitative estimate of drug-likeness (QED) is 0.757. The van der Waals surface area contributed by atoms with E-state index in [1.54, 1.807) is 4.90 Å². The molecule has 162 valence electrons. The van der Waals surface area contributed by atoms with E-state index < -0.39 is 6.10 Å². The molecule has 1 amide bonds. The molecule has 2 aromatic carbocycles. The average molecular weight is 418 g/mol. The largest absolute Gasteiger partial charge is 0.390 e. The fourth-order valence-electron chi connectivity index (χ4n) is 4.41. The van der Waals surface area contributed by atoms with Gasteiger partial charge in [-0.1, -0.05) is 36.1 Å². The molecule has 31 heavy (non-hydrogen) atoms.